The van der Waals surface area contributed by atoms with E-state index in [-0.39, 0.29) is 5.63 Å². The van der Waals surface area contributed by atoms with Gasteiger partial charge in [-0.1, -0.05) is 60.7 Å². The van der Waals surface area contributed by atoms with Crippen molar-refractivity contribution in [2.24, 2.45) is 0 Å². The molecule has 0 fully saturated rings. The first-order chi connectivity index (χ1) is 14.1. The van der Waals surface area contributed by atoms with Crippen molar-refractivity contribution in [2.45, 2.75) is 0 Å². The first-order valence-electron chi connectivity index (χ1n) is 9.54. The highest BCUT2D eigenvalue weighted by atomic mass is 16.4. The lowest BCUT2D eigenvalue weighted by molar-refractivity contribution is 0.570. The van der Waals surface area contributed by atoms with Gasteiger partial charge in [0, 0.05) is 36.8 Å². The van der Waals surface area contributed by atoms with E-state index in [0.717, 1.165) is 39.0 Å². The molecule has 4 heteroatoms. The van der Waals surface area contributed by atoms with Gasteiger partial charge in [-0.15, -0.1) is 0 Å². The van der Waals surface area contributed by atoms with E-state index >= 15 is 0 Å². The quantitative estimate of drug-likeness (QED) is 0.410. The van der Waals surface area contributed by atoms with Crippen molar-refractivity contribution in [3.8, 4) is 22.4 Å². The van der Waals surface area contributed by atoms with Crippen LogP contribution in [0.4, 0.5) is 5.69 Å². The maximum absolute atomic E-state index is 13.1. The first kappa shape index (κ1) is 17.3. The van der Waals surface area contributed by atoms with Crippen LogP contribution in [-0.2, 0) is 0 Å². The number of fused-ring (bicyclic) bond motifs is 3. The van der Waals surface area contributed by atoms with Gasteiger partial charge in [0.2, 0.25) is 0 Å². The number of nitrogens with zero attached hydrogens (tertiary/aromatic N) is 1. The van der Waals surface area contributed by atoms with Crippen LogP contribution in [0.25, 0.3) is 44.3 Å². The summed E-state index contributed by atoms with van der Waals surface area (Å²) in [5.74, 6) is 0. The van der Waals surface area contributed by atoms with Crippen LogP contribution in [0, 0.1) is 0 Å². The Morgan fingerprint density at radius 3 is 2.14 bits per heavy atom. The van der Waals surface area contributed by atoms with Gasteiger partial charge in [0.1, 0.15) is 5.58 Å². The number of H-pyrrole nitrogens is 1. The number of anilines is 1. The third-order valence-corrected chi connectivity index (χ3v) is 5.28. The predicted octanol–water partition coefficient (Wildman–Crippen LogP) is 5.67. The van der Waals surface area contributed by atoms with Crippen molar-refractivity contribution in [3.05, 3.63) is 89.3 Å². The van der Waals surface area contributed by atoms with Crippen molar-refractivity contribution in [1.82, 2.24) is 4.98 Å². The van der Waals surface area contributed by atoms with E-state index in [1.807, 2.05) is 97.9 Å². The van der Waals surface area contributed by atoms with Gasteiger partial charge in [-0.2, -0.15) is 0 Å². The Kier molecular flexibility index (Phi) is 3.98. The monoisotopic (exact) mass is 380 g/mol. The van der Waals surface area contributed by atoms with Gasteiger partial charge in [0.15, 0.2) is 0 Å². The standard InChI is InChI=1S/C25H20N2O2/c1-27(2)18-13-14-19-20(15-18)29-25(28)22-21(16-9-5-3-6-10-16)23(26-24(19)22)17-11-7-4-8-12-17/h3-15,26H,1-2H3. The lowest BCUT2D eigenvalue weighted by Crippen LogP contribution is -2.08. The van der Waals surface area contributed by atoms with E-state index in [4.69, 9.17) is 4.42 Å². The second-order valence-electron chi connectivity index (χ2n) is 7.32. The molecule has 0 radical (unpaired) electrons. The molecule has 2 aromatic heterocycles. The van der Waals surface area contributed by atoms with Gasteiger partial charge in [-0.05, 0) is 23.3 Å². The molecule has 0 saturated heterocycles. The summed E-state index contributed by atoms with van der Waals surface area (Å²) in [7, 11) is 3.93. The Labute approximate surface area is 168 Å². The van der Waals surface area contributed by atoms with Crippen molar-refractivity contribution in [2.75, 3.05) is 19.0 Å². The highest BCUT2D eigenvalue weighted by Gasteiger charge is 2.21. The maximum atomic E-state index is 13.1. The summed E-state index contributed by atoms with van der Waals surface area (Å²) in [6, 6.07) is 26.0. The predicted molar refractivity (Wildman–Crippen MR) is 120 cm³/mol. The Morgan fingerprint density at radius 2 is 1.48 bits per heavy atom. The number of rotatable bonds is 3. The van der Waals surface area contributed by atoms with Crippen LogP contribution in [0.3, 0.4) is 0 Å². The molecular formula is C25H20N2O2. The number of aromatic amines is 1. The van der Waals surface area contributed by atoms with Crippen molar-refractivity contribution >= 4 is 27.6 Å². The summed E-state index contributed by atoms with van der Waals surface area (Å²) < 4.78 is 5.77. The minimum atomic E-state index is -0.333. The summed E-state index contributed by atoms with van der Waals surface area (Å²) in [6.45, 7) is 0. The third-order valence-electron chi connectivity index (χ3n) is 5.28. The molecule has 0 spiro atoms. The highest BCUT2D eigenvalue weighted by Crippen LogP contribution is 2.39. The van der Waals surface area contributed by atoms with Crippen LogP contribution in [0.15, 0.2) is 88.1 Å². The minimum absolute atomic E-state index is 0.333. The molecule has 142 valence electrons. The number of hydrogen-bond donors (Lipinski definition) is 1. The zero-order valence-corrected chi connectivity index (χ0v) is 16.3. The molecule has 5 rings (SSSR count). The molecule has 5 aromatic rings. The average molecular weight is 380 g/mol. The molecular weight excluding hydrogens is 360 g/mol. The smallest absolute Gasteiger partial charge is 0.346 e. The van der Waals surface area contributed by atoms with E-state index in [0.29, 0.717) is 11.0 Å². The molecule has 0 amide bonds. The van der Waals surface area contributed by atoms with E-state index in [1.165, 1.54) is 0 Å². The average Bonchev–Trinajstić information content (AvgIpc) is 3.16. The van der Waals surface area contributed by atoms with Crippen LogP contribution in [0.2, 0.25) is 0 Å². The van der Waals surface area contributed by atoms with Crippen LogP contribution >= 0.6 is 0 Å². The second-order valence-corrected chi connectivity index (χ2v) is 7.32. The molecule has 0 aliphatic rings. The summed E-state index contributed by atoms with van der Waals surface area (Å²) in [4.78, 5) is 18.6. The van der Waals surface area contributed by atoms with Gasteiger partial charge in [0.25, 0.3) is 0 Å². The van der Waals surface area contributed by atoms with Crippen molar-refractivity contribution in [1.29, 1.82) is 0 Å². The fourth-order valence-corrected chi connectivity index (χ4v) is 3.85. The van der Waals surface area contributed by atoms with Crippen molar-refractivity contribution < 1.29 is 4.42 Å². The van der Waals surface area contributed by atoms with Gasteiger partial charge in [0.05, 0.1) is 16.6 Å². The summed E-state index contributed by atoms with van der Waals surface area (Å²) in [5.41, 5.74) is 5.84. The summed E-state index contributed by atoms with van der Waals surface area (Å²) >= 11 is 0. The molecule has 4 nitrogen and oxygen atoms in total. The Bertz CT molecular complexity index is 1380. The molecule has 0 aliphatic carbocycles. The van der Waals surface area contributed by atoms with Crippen LogP contribution in [-0.4, -0.2) is 19.1 Å². The van der Waals surface area contributed by atoms with E-state index in [9.17, 15) is 4.79 Å². The maximum Gasteiger partial charge on any atom is 0.346 e. The zero-order chi connectivity index (χ0) is 20.0. The van der Waals surface area contributed by atoms with Crippen LogP contribution in [0.5, 0.6) is 0 Å². The number of aromatic nitrogens is 1. The van der Waals surface area contributed by atoms with Crippen molar-refractivity contribution in [3.63, 3.8) is 0 Å². The SMILES string of the molecule is CN(C)c1ccc2c(c1)oc(=O)c1c(-c3ccccc3)c(-c3ccccc3)[nH]c12. The van der Waals surface area contributed by atoms with Gasteiger partial charge in [-0.25, -0.2) is 4.79 Å². The molecule has 0 atom stereocenters. The topological polar surface area (TPSA) is 49.2 Å². The van der Waals surface area contributed by atoms with E-state index < -0.39 is 0 Å². The summed E-state index contributed by atoms with van der Waals surface area (Å²) in [6.07, 6.45) is 0. The molecule has 0 unspecified atom stereocenters. The highest BCUT2D eigenvalue weighted by molar-refractivity contribution is 6.12. The van der Waals surface area contributed by atoms with Gasteiger partial charge >= 0.3 is 5.63 Å². The molecule has 0 bridgehead atoms. The number of hydrogen-bond acceptors (Lipinski definition) is 3. The zero-order valence-electron chi connectivity index (χ0n) is 16.3. The molecule has 2 heterocycles. The summed E-state index contributed by atoms with van der Waals surface area (Å²) in [5, 5.41) is 1.48. The van der Waals surface area contributed by atoms with Gasteiger partial charge < -0.3 is 14.3 Å². The fraction of sp³-hybridized carbons (Fsp3) is 0.0800. The fourth-order valence-electron chi connectivity index (χ4n) is 3.85. The Balaban J connectivity index is 1.92. The Hall–Kier alpha value is -3.79. The van der Waals surface area contributed by atoms with Gasteiger partial charge in [-0.3, -0.25) is 0 Å². The molecule has 0 saturated carbocycles. The number of nitrogens with one attached hydrogen (secondary N) is 1. The largest absolute Gasteiger partial charge is 0.422 e. The van der Waals surface area contributed by atoms with Crippen LogP contribution < -0.4 is 10.5 Å². The molecule has 1 N–H and O–H groups in total. The lowest BCUT2D eigenvalue weighted by Gasteiger charge is -2.12. The second kappa shape index (κ2) is 6.67. The Morgan fingerprint density at radius 1 is 0.828 bits per heavy atom. The van der Waals surface area contributed by atoms with E-state index in [2.05, 4.69) is 4.98 Å². The first-order valence-corrected chi connectivity index (χ1v) is 9.54. The number of benzene rings is 3. The molecule has 0 aliphatic heterocycles. The normalized spacial score (nSPS) is 11.2. The molecule has 3 aromatic carbocycles. The van der Waals surface area contributed by atoms with E-state index in [1.54, 1.807) is 0 Å². The minimum Gasteiger partial charge on any atom is -0.422 e. The molecule has 29 heavy (non-hydrogen) atoms. The lowest BCUT2D eigenvalue weighted by atomic mass is 9.99. The third kappa shape index (κ3) is 2.81. The van der Waals surface area contributed by atoms with Crippen LogP contribution in [0.1, 0.15) is 0 Å².